The maximum absolute atomic E-state index is 5.94. The van der Waals surface area contributed by atoms with Crippen LogP contribution in [-0.4, -0.2) is 10.5 Å². The van der Waals surface area contributed by atoms with Gasteiger partial charge in [0.2, 0.25) is 0 Å². The Hall–Kier alpha value is -0.530. The van der Waals surface area contributed by atoms with Gasteiger partial charge < -0.3 is 0 Å². The van der Waals surface area contributed by atoms with Crippen molar-refractivity contribution in [1.82, 2.24) is 0 Å². The molecular formula is C14H19Cl2N. The Bertz CT molecular complexity index is 333. The third-order valence-electron chi connectivity index (χ3n) is 2.57. The number of alkyl halides is 2. The van der Waals surface area contributed by atoms with Crippen molar-refractivity contribution in [3.05, 3.63) is 30.3 Å². The van der Waals surface area contributed by atoms with Gasteiger partial charge in [-0.2, -0.15) is 0 Å². The first-order chi connectivity index (χ1) is 8.24. The Kier molecular flexibility index (Phi) is 7.30. The van der Waals surface area contributed by atoms with E-state index in [1.165, 1.54) is 19.3 Å². The summed E-state index contributed by atoms with van der Waals surface area (Å²) in [6.45, 7) is 2.20. The first-order valence-electron chi connectivity index (χ1n) is 6.14. The van der Waals surface area contributed by atoms with E-state index < -0.39 is 4.84 Å². The van der Waals surface area contributed by atoms with Crippen molar-refractivity contribution in [2.24, 2.45) is 4.99 Å². The summed E-state index contributed by atoms with van der Waals surface area (Å²) in [5.41, 5.74) is 1.79. The number of aliphatic imine (C=N–C) groups is 1. The molecule has 0 fully saturated rings. The Morgan fingerprint density at radius 2 is 1.82 bits per heavy atom. The lowest BCUT2D eigenvalue weighted by Gasteiger charge is -2.07. The van der Waals surface area contributed by atoms with Crippen LogP contribution >= 0.6 is 23.2 Å². The van der Waals surface area contributed by atoms with Crippen molar-refractivity contribution in [1.29, 1.82) is 0 Å². The number of nitrogens with zero attached hydrogens (tertiary/aromatic N) is 1. The summed E-state index contributed by atoms with van der Waals surface area (Å²) in [4.78, 5) is 4.01. The smallest absolute Gasteiger partial charge is 0.145 e. The minimum Gasteiger partial charge on any atom is -0.255 e. The third-order valence-corrected chi connectivity index (χ3v) is 3.07. The van der Waals surface area contributed by atoms with E-state index in [1.807, 2.05) is 30.3 Å². The van der Waals surface area contributed by atoms with Gasteiger partial charge >= 0.3 is 0 Å². The molecule has 0 aliphatic rings. The molecule has 0 aliphatic carbocycles. The molecule has 0 aliphatic heterocycles. The van der Waals surface area contributed by atoms with Crippen LogP contribution < -0.4 is 0 Å². The van der Waals surface area contributed by atoms with Crippen LogP contribution in [-0.2, 0) is 0 Å². The molecule has 0 atom stereocenters. The molecule has 17 heavy (non-hydrogen) atoms. The lowest BCUT2D eigenvalue weighted by molar-refractivity contribution is 0.682. The molecular weight excluding hydrogens is 253 g/mol. The first kappa shape index (κ1) is 14.5. The second kappa shape index (κ2) is 8.54. The number of halogens is 2. The molecule has 94 valence electrons. The quantitative estimate of drug-likeness (QED) is 0.351. The summed E-state index contributed by atoms with van der Waals surface area (Å²) in [6, 6.07) is 9.82. The molecule has 0 amide bonds. The van der Waals surface area contributed by atoms with Crippen molar-refractivity contribution in [3.63, 3.8) is 0 Å². The molecule has 0 radical (unpaired) electrons. The summed E-state index contributed by atoms with van der Waals surface area (Å²) in [7, 11) is 0. The molecule has 0 saturated carbocycles. The summed E-state index contributed by atoms with van der Waals surface area (Å²) >= 11 is 11.9. The van der Waals surface area contributed by atoms with E-state index >= 15 is 0 Å². The normalized spacial score (nSPS) is 12.1. The first-order valence-corrected chi connectivity index (χ1v) is 7.02. The van der Waals surface area contributed by atoms with Gasteiger partial charge in [-0.15, -0.1) is 0 Å². The zero-order valence-electron chi connectivity index (χ0n) is 10.2. The molecule has 0 N–H and O–H groups in total. The third kappa shape index (κ3) is 6.09. The topological polar surface area (TPSA) is 12.4 Å². The SMILES string of the molecule is CCCCCCC(=Nc1ccccc1)C(Cl)Cl. The second-order valence-electron chi connectivity index (χ2n) is 4.05. The fourth-order valence-corrected chi connectivity index (χ4v) is 1.93. The molecule has 0 unspecified atom stereocenters. The van der Waals surface area contributed by atoms with Crippen LogP contribution in [0.1, 0.15) is 39.0 Å². The van der Waals surface area contributed by atoms with Gasteiger partial charge in [0.1, 0.15) is 4.84 Å². The fraction of sp³-hybridized carbons (Fsp3) is 0.500. The van der Waals surface area contributed by atoms with E-state index in [0.717, 1.165) is 24.2 Å². The molecule has 1 aromatic carbocycles. The van der Waals surface area contributed by atoms with E-state index in [0.29, 0.717) is 0 Å². The molecule has 0 heterocycles. The van der Waals surface area contributed by atoms with E-state index in [4.69, 9.17) is 23.2 Å². The minimum atomic E-state index is -0.503. The zero-order valence-corrected chi connectivity index (χ0v) is 11.7. The lowest BCUT2D eigenvalue weighted by Crippen LogP contribution is -2.07. The van der Waals surface area contributed by atoms with Crippen molar-refractivity contribution in [2.75, 3.05) is 0 Å². The maximum atomic E-state index is 5.94. The minimum absolute atomic E-state index is 0.503. The number of unbranched alkanes of at least 4 members (excludes halogenated alkanes) is 3. The summed E-state index contributed by atoms with van der Waals surface area (Å²) < 4.78 is 0. The number of hydrogen-bond acceptors (Lipinski definition) is 1. The van der Waals surface area contributed by atoms with Crippen molar-refractivity contribution in [3.8, 4) is 0 Å². The van der Waals surface area contributed by atoms with E-state index in [2.05, 4.69) is 11.9 Å². The van der Waals surface area contributed by atoms with Crippen molar-refractivity contribution in [2.45, 2.75) is 43.9 Å². The highest BCUT2D eigenvalue weighted by molar-refractivity contribution is 6.54. The highest BCUT2D eigenvalue weighted by atomic mass is 35.5. The Morgan fingerprint density at radius 3 is 2.41 bits per heavy atom. The summed E-state index contributed by atoms with van der Waals surface area (Å²) in [5, 5.41) is 0. The lowest BCUT2D eigenvalue weighted by atomic mass is 10.1. The molecule has 0 spiro atoms. The molecule has 1 aromatic rings. The summed E-state index contributed by atoms with van der Waals surface area (Å²) in [5.74, 6) is 0. The van der Waals surface area contributed by atoms with Gasteiger partial charge in [-0.05, 0) is 25.0 Å². The fourth-order valence-electron chi connectivity index (χ4n) is 1.62. The van der Waals surface area contributed by atoms with Gasteiger partial charge in [0.05, 0.1) is 11.4 Å². The molecule has 1 nitrogen and oxygen atoms in total. The number of hydrogen-bond donors (Lipinski definition) is 0. The molecule has 0 saturated heterocycles. The van der Waals surface area contributed by atoms with Gasteiger partial charge in [0.25, 0.3) is 0 Å². The molecule has 1 rings (SSSR count). The maximum Gasteiger partial charge on any atom is 0.145 e. The highest BCUT2D eigenvalue weighted by Gasteiger charge is 2.09. The molecule has 0 aromatic heterocycles. The van der Waals surface area contributed by atoms with Crippen molar-refractivity contribution >= 4 is 34.6 Å². The van der Waals surface area contributed by atoms with E-state index in [9.17, 15) is 0 Å². The van der Waals surface area contributed by atoms with Crippen LogP contribution in [0.5, 0.6) is 0 Å². The van der Waals surface area contributed by atoms with Crippen LogP contribution in [0.15, 0.2) is 35.3 Å². The van der Waals surface area contributed by atoms with Crippen LogP contribution in [0.25, 0.3) is 0 Å². The zero-order chi connectivity index (χ0) is 12.5. The largest absolute Gasteiger partial charge is 0.255 e. The van der Waals surface area contributed by atoms with Gasteiger partial charge in [-0.25, -0.2) is 0 Å². The monoisotopic (exact) mass is 271 g/mol. The standard InChI is InChI=1S/C14H19Cl2N/c1-2-3-4-8-11-13(14(15)16)17-12-9-6-5-7-10-12/h5-7,9-10,14H,2-4,8,11H2,1H3. The number of benzene rings is 1. The number of para-hydroxylation sites is 1. The van der Waals surface area contributed by atoms with Gasteiger partial charge in [0, 0.05) is 0 Å². The Morgan fingerprint density at radius 1 is 1.12 bits per heavy atom. The van der Waals surface area contributed by atoms with E-state index in [-0.39, 0.29) is 0 Å². The van der Waals surface area contributed by atoms with Crippen LogP contribution in [0, 0.1) is 0 Å². The summed E-state index contributed by atoms with van der Waals surface area (Å²) in [6.07, 6.45) is 5.69. The Labute approximate surface area is 114 Å². The van der Waals surface area contributed by atoms with Gasteiger partial charge in [-0.1, -0.05) is 67.6 Å². The molecule has 0 bridgehead atoms. The van der Waals surface area contributed by atoms with Crippen molar-refractivity contribution < 1.29 is 0 Å². The number of rotatable bonds is 7. The second-order valence-corrected chi connectivity index (χ2v) is 5.15. The van der Waals surface area contributed by atoms with Crippen LogP contribution in [0.3, 0.4) is 0 Å². The predicted octanol–water partition coefficient (Wildman–Crippen LogP) is 5.53. The van der Waals surface area contributed by atoms with E-state index in [1.54, 1.807) is 0 Å². The van der Waals surface area contributed by atoms with Gasteiger partial charge in [0.15, 0.2) is 0 Å². The Balaban J connectivity index is 2.56. The average molecular weight is 272 g/mol. The van der Waals surface area contributed by atoms with Crippen LogP contribution in [0.4, 0.5) is 5.69 Å². The van der Waals surface area contributed by atoms with Crippen LogP contribution in [0.2, 0.25) is 0 Å². The highest BCUT2D eigenvalue weighted by Crippen LogP contribution is 2.18. The van der Waals surface area contributed by atoms with Gasteiger partial charge in [-0.3, -0.25) is 4.99 Å². The average Bonchev–Trinajstić information content (AvgIpc) is 2.34. The molecule has 3 heteroatoms. The predicted molar refractivity (Wildman–Crippen MR) is 77.8 cm³/mol.